The van der Waals surface area contributed by atoms with E-state index in [4.69, 9.17) is 10.8 Å². The van der Waals surface area contributed by atoms with Gasteiger partial charge in [0.1, 0.15) is 0 Å². The van der Waals surface area contributed by atoms with Crippen molar-refractivity contribution in [1.29, 1.82) is 0 Å². The molecule has 1 saturated carbocycles. The van der Waals surface area contributed by atoms with Gasteiger partial charge in [-0.25, -0.2) is 10.2 Å². The normalized spacial score (nSPS) is 18.6. The highest BCUT2D eigenvalue weighted by Gasteiger charge is 2.46. The number of hydrogen-bond donors (Lipinski definition) is 4. The summed E-state index contributed by atoms with van der Waals surface area (Å²) in [4.78, 5) is 20.8. The van der Waals surface area contributed by atoms with Crippen LogP contribution >= 0.6 is 0 Å². The van der Waals surface area contributed by atoms with Crippen molar-refractivity contribution in [3.8, 4) is 0 Å². The molecule has 5 N–H and O–H groups in total. The molecule has 2 amide bonds. The smallest absolute Gasteiger partial charge is 0.423 e. The van der Waals surface area contributed by atoms with Crippen LogP contribution in [0, 0.1) is 0 Å². The van der Waals surface area contributed by atoms with Gasteiger partial charge in [-0.05, 0) is 12.8 Å². The van der Waals surface area contributed by atoms with Crippen molar-refractivity contribution in [1.82, 2.24) is 10.9 Å². The zero-order valence-corrected chi connectivity index (χ0v) is 5.76. The van der Waals surface area contributed by atoms with E-state index in [2.05, 4.69) is 0 Å². The fourth-order valence-corrected chi connectivity index (χ4v) is 0.596. The molecule has 0 unspecified atom stereocenters. The van der Waals surface area contributed by atoms with Crippen LogP contribution < -0.4 is 16.6 Å². The lowest BCUT2D eigenvalue weighted by Gasteiger charge is -2.08. The molecule has 6 heteroatoms. The Bertz CT molecular complexity index is 199. The number of carbonyl (C=O) groups excluding carboxylic acids is 1. The monoisotopic (exact) mass is 159 g/mol. The van der Waals surface area contributed by atoms with Crippen molar-refractivity contribution in [3.63, 3.8) is 0 Å². The summed E-state index contributed by atoms with van der Waals surface area (Å²) in [6.45, 7) is 0. The Morgan fingerprint density at radius 2 is 1.91 bits per heavy atom. The maximum Gasteiger partial charge on any atom is 0.423 e. The van der Waals surface area contributed by atoms with E-state index < -0.39 is 17.5 Å². The van der Waals surface area contributed by atoms with Crippen molar-refractivity contribution in [3.05, 3.63) is 0 Å². The molecule has 0 bridgehead atoms. The van der Waals surface area contributed by atoms with Crippen LogP contribution in [0.3, 0.4) is 0 Å². The topological polar surface area (TPSA) is 104 Å². The first-order chi connectivity index (χ1) is 5.04. The van der Waals surface area contributed by atoms with E-state index in [9.17, 15) is 9.59 Å². The molecule has 0 radical (unpaired) electrons. The highest BCUT2D eigenvalue weighted by molar-refractivity contribution is 5.89. The number of hydrogen-bond acceptors (Lipinski definition) is 3. The van der Waals surface area contributed by atoms with Crippen LogP contribution in [-0.4, -0.2) is 22.6 Å². The largest absolute Gasteiger partial charge is 0.464 e. The van der Waals surface area contributed by atoms with E-state index in [0.29, 0.717) is 12.8 Å². The Morgan fingerprint density at radius 3 is 2.27 bits per heavy atom. The molecule has 6 nitrogen and oxygen atoms in total. The van der Waals surface area contributed by atoms with Crippen LogP contribution in [0.2, 0.25) is 0 Å². The summed E-state index contributed by atoms with van der Waals surface area (Å²) in [6.07, 6.45) is -0.0807. The van der Waals surface area contributed by atoms with Crippen LogP contribution in [-0.2, 0) is 4.79 Å². The highest BCUT2D eigenvalue weighted by atomic mass is 16.4. The molecular formula is C5H9N3O3. The first-order valence-electron chi connectivity index (χ1n) is 3.13. The summed E-state index contributed by atoms with van der Waals surface area (Å²) in [5.41, 5.74) is 8.30. The van der Waals surface area contributed by atoms with Gasteiger partial charge in [0.05, 0.1) is 5.54 Å². The van der Waals surface area contributed by atoms with Gasteiger partial charge in [-0.3, -0.25) is 10.2 Å². The summed E-state index contributed by atoms with van der Waals surface area (Å²) in [6, 6.07) is 0. The van der Waals surface area contributed by atoms with Gasteiger partial charge >= 0.3 is 6.09 Å². The highest BCUT2D eigenvalue weighted by Crippen LogP contribution is 2.31. The minimum absolute atomic E-state index is 0.472. The summed E-state index contributed by atoms with van der Waals surface area (Å²) < 4.78 is 0. The third-order valence-electron chi connectivity index (χ3n) is 1.52. The van der Waals surface area contributed by atoms with Gasteiger partial charge in [-0.1, -0.05) is 0 Å². The van der Waals surface area contributed by atoms with Crippen molar-refractivity contribution in [2.75, 3.05) is 0 Å². The molecule has 11 heavy (non-hydrogen) atoms. The quantitative estimate of drug-likeness (QED) is 0.360. The Hall–Kier alpha value is -1.30. The number of carbonyl (C=O) groups is 2. The van der Waals surface area contributed by atoms with E-state index in [-0.39, 0.29) is 0 Å². The molecule has 1 fully saturated rings. The Morgan fingerprint density at radius 1 is 1.36 bits per heavy atom. The number of nitrogens with one attached hydrogen (secondary N) is 2. The summed E-state index contributed by atoms with van der Waals surface area (Å²) in [5, 5.41) is 8.08. The van der Waals surface area contributed by atoms with Gasteiger partial charge in [0.25, 0.3) is 5.91 Å². The van der Waals surface area contributed by atoms with Gasteiger partial charge < -0.3 is 10.8 Å². The average molecular weight is 159 g/mol. The molecule has 62 valence electrons. The fraction of sp³-hybridized carbons (Fsp3) is 0.600. The van der Waals surface area contributed by atoms with Crippen molar-refractivity contribution in [2.45, 2.75) is 18.4 Å². The molecule has 0 aromatic rings. The van der Waals surface area contributed by atoms with Crippen molar-refractivity contribution in [2.24, 2.45) is 5.73 Å². The summed E-state index contributed by atoms with van der Waals surface area (Å²) in [5.74, 6) is -0.472. The van der Waals surface area contributed by atoms with Crippen LogP contribution in [0.1, 0.15) is 12.8 Å². The molecule has 0 heterocycles. The van der Waals surface area contributed by atoms with Crippen LogP contribution in [0.4, 0.5) is 4.79 Å². The molecule has 0 atom stereocenters. The first kappa shape index (κ1) is 7.80. The zero-order valence-electron chi connectivity index (χ0n) is 5.76. The Balaban J connectivity index is 2.27. The Labute approximate surface area is 62.7 Å². The molecule has 1 rings (SSSR count). The van der Waals surface area contributed by atoms with Crippen LogP contribution in [0.15, 0.2) is 0 Å². The molecule has 0 spiro atoms. The molecule has 1 aliphatic carbocycles. The second-order valence-electron chi connectivity index (χ2n) is 2.54. The number of carboxylic acid groups (broad SMARTS) is 1. The molecule has 0 saturated heterocycles. The van der Waals surface area contributed by atoms with Gasteiger partial charge in [0.2, 0.25) is 0 Å². The van der Waals surface area contributed by atoms with E-state index in [1.807, 2.05) is 5.43 Å². The molecule has 0 aromatic carbocycles. The molecule has 0 aromatic heterocycles. The van der Waals surface area contributed by atoms with Crippen molar-refractivity contribution < 1.29 is 14.7 Å². The molecule has 0 aliphatic heterocycles. The lowest BCUT2D eigenvalue weighted by atomic mass is 10.3. The zero-order chi connectivity index (χ0) is 8.48. The van der Waals surface area contributed by atoms with Gasteiger partial charge in [-0.15, -0.1) is 0 Å². The predicted octanol–water partition coefficient (Wildman–Crippen LogP) is -1.22. The van der Waals surface area contributed by atoms with E-state index in [0.717, 1.165) is 0 Å². The standard InChI is InChI=1S/C5H9N3O3/c6-5(1-2-5)3(9)7-8-4(10)11/h8H,1-2,6H2,(H,7,9)(H,10,11). The summed E-state index contributed by atoms with van der Waals surface area (Å²) >= 11 is 0. The second kappa shape index (κ2) is 2.39. The lowest BCUT2D eigenvalue weighted by Crippen LogP contribution is -2.50. The van der Waals surface area contributed by atoms with E-state index in [1.165, 1.54) is 0 Å². The third-order valence-corrected chi connectivity index (χ3v) is 1.52. The predicted molar refractivity (Wildman–Crippen MR) is 35.5 cm³/mol. The Kier molecular flexibility index (Phi) is 1.69. The first-order valence-corrected chi connectivity index (χ1v) is 3.13. The molecule has 1 aliphatic rings. The van der Waals surface area contributed by atoms with Gasteiger partial charge in [0, 0.05) is 0 Å². The van der Waals surface area contributed by atoms with Crippen LogP contribution in [0.5, 0.6) is 0 Å². The van der Waals surface area contributed by atoms with Gasteiger partial charge in [0.15, 0.2) is 0 Å². The number of amides is 2. The molecular weight excluding hydrogens is 150 g/mol. The summed E-state index contributed by atoms with van der Waals surface area (Å²) in [7, 11) is 0. The average Bonchev–Trinajstić information content (AvgIpc) is 2.64. The maximum atomic E-state index is 10.9. The van der Waals surface area contributed by atoms with Crippen molar-refractivity contribution >= 4 is 12.0 Å². The number of rotatable bonds is 1. The maximum absolute atomic E-state index is 10.9. The number of hydrazine groups is 1. The van der Waals surface area contributed by atoms with Crippen LogP contribution in [0.25, 0.3) is 0 Å². The van der Waals surface area contributed by atoms with E-state index in [1.54, 1.807) is 5.43 Å². The SMILES string of the molecule is NC1(C(=O)NNC(=O)O)CC1. The minimum atomic E-state index is -1.30. The van der Waals surface area contributed by atoms with E-state index >= 15 is 0 Å². The fourth-order valence-electron chi connectivity index (χ4n) is 0.596. The van der Waals surface area contributed by atoms with Gasteiger partial charge in [-0.2, -0.15) is 0 Å². The lowest BCUT2D eigenvalue weighted by molar-refractivity contribution is -0.124. The second-order valence-corrected chi connectivity index (χ2v) is 2.54. The minimum Gasteiger partial charge on any atom is -0.464 e. The third kappa shape index (κ3) is 1.81. The number of nitrogens with two attached hydrogens (primary N) is 1.